The van der Waals surface area contributed by atoms with Crippen LogP contribution in [0.3, 0.4) is 0 Å². The first-order chi connectivity index (χ1) is 18.1. The average molecular weight is 552 g/mol. The Morgan fingerprint density at radius 1 is 0.868 bits per heavy atom. The predicted molar refractivity (Wildman–Crippen MR) is 143 cm³/mol. The average Bonchev–Trinajstić information content (AvgIpc) is 3.31. The van der Waals surface area contributed by atoms with E-state index in [0.717, 1.165) is 11.8 Å². The van der Waals surface area contributed by atoms with E-state index in [4.69, 9.17) is 4.74 Å². The lowest BCUT2D eigenvalue weighted by molar-refractivity contribution is 0.290. The molecule has 0 spiro atoms. The summed E-state index contributed by atoms with van der Waals surface area (Å²) < 4.78 is 73.3. The monoisotopic (exact) mass is 551 g/mol. The van der Waals surface area contributed by atoms with Crippen LogP contribution in [0.2, 0.25) is 0 Å². The summed E-state index contributed by atoms with van der Waals surface area (Å²) in [6.45, 7) is 0.217. The van der Waals surface area contributed by atoms with Crippen molar-refractivity contribution in [2.45, 2.75) is 16.4 Å². The molecule has 5 aromatic rings. The number of halogens is 1. The van der Waals surface area contributed by atoms with Crippen LogP contribution in [0.15, 0.2) is 101 Å². The number of hydrogen-bond acceptors (Lipinski definition) is 6. The first kappa shape index (κ1) is 25.4. The van der Waals surface area contributed by atoms with Gasteiger partial charge in [-0.2, -0.15) is 5.10 Å². The molecule has 0 amide bonds. The minimum atomic E-state index is -4.23. The zero-order valence-corrected chi connectivity index (χ0v) is 21.7. The number of rotatable bonds is 8. The Morgan fingerprint density at radius 2 is 1.58 bits per heavy atom. The minimum absolute atomic E-state index is 0.0930. The Balaban J connectivity index is 1.44. The lowest BCUT2D eigenvalue weighted by atomic mass is 10.1. The van der Waals surface area contributed by atoms with Crippen LogP contribution in [0.5, 0.6) is 5.75 Å². The van der Waals surface area contributed by atoms with Gasteiger partial charge in [0.1, 0.15) is 17.2 Å². The Labute approximate surface area is 219 Å². The van der Waals surface area contributed by atoms with Gasteiger partial charge < -0.3 is 4.74 Å². The first-order valence-electron chi connectivity index (χ1n) is 11.4. The van der Waals surface area contributed by atoms with Gasteiger partial charge in [0, 0.05) is 22.9 Å². The number of sulfone groups is 1. The summed E-state index contributed by atoms with van der Waals surface area (Å²) in [4.78, 5) is -0.661. The number of benzene rings is 4. The number of aromatic nitrogens is 2. The second-order valence-corrected chi connectivity index (χ2v) is 12.2. The number of nitrogens with one attached hydrogen (secondary N) is 2. The summed E-state index contributed by atoms with van der Waals surface area (Å²) >= 11 is 0. The van der Waals surface area contributed by atoms with Crippen molar-refractivity contribution in [1.82, 2.24) is 10.2 Å². The zero-order chi connectivity index (χ0) is 26.9. The topological polar surface area (TPSA) is 118 Å². The highest BCUT2D eigenvalue weighted by molar-refractivity contribution is 7.95. The molecule has 0 aliphatic carbocycles. The fraction of sp³-hybridized carbons (Fsp3) is 0.0741. The van der Waals surface area contributed by atoms with E-state index in [2.05, 4.69) is 14.9 Å². The van der Waals surface area contributed by atoms with E-state index in [-0.39, 0.29) is 27.8 Å². The van der Waals surface area contributed by atoms with Crippen LogP contribution in [0.25, 0.3) is 22.2 Å². The van der Waals surface area contributed by atoms with Gasteiger partial charge in [0.05, 0.1) is 10.4 Å². The number of ether oxygens (including phenoxy) is 1. The second-order valence-electron chi connectivity index (χ2n) is 8.58. The molecule has 0 saturated carbocycles. The Bertz CT molecular complexity index is 1850. The van der Waals surface area contributed by atoms with Crippen molar-refractivity contribution in [2.24, 2.45) is 0 Å². The van der Waals surface area contributed by atoms with E-state index >= 15 is 0 Å². The third-order valence-corrected chi connectivity index (χ3v) is 8.52. The van der Waals surface area contributed by atoms with E-state index in [9.17, 15) is 21.2 Å². The van der Waals surface area contributed by atoms with Gasteiger partial charge in [0.25, 0.3) is 10.0 Å². The van der Waals surface area contributed by atoms with Crippen molar-refractivity contribution in [1.29, 1.82) is 0 Å². The molecule has 194 valence electrons. The van der Waals surface area contributed by atoms with Crippen LogP contribution in [-0.4, -0.2) is 33.3 Å². The molecule has 5 rings (SSSR count). The molecule has 0 aliphatic rings. The summed E-state index contributed by atoms with van der Waals surface area (Å²) in [7, 11) is -8.02. The Hall–Kier alpha value is -4.22. The number of H-pyrrole nitrogens is 1. The SMILES string of the molecule is CS(=O)(=O)c1ccccc1S(=O)(=O)Nc1ccc2[nH]nc(-c3ccc(OCc4ccccc4)c(F)c3)c2c1. The lowest BCUT2D eigenvalue weighted by Gasteiger charge is -2.12. The maximum Gasteiger partial charge on any atom is 0.263 e. The van der Waals surface area contributed by atoms with E-state index in [1.807, 2.05) is 30.3 Å². The molecular weight excluding hydrogens is 529 g/mol. The van der Waals surface area contributed by atoms with Crippen LogP contribution in [0, 0.1) is 5.82 Å². The van der Waals surface area contributed by atoms with Crippen molar-refractivity contribution in [2.75, 3.05) is 11.0 Å². The molecule has 0 saturated heterocycles. The number of aromatic amines is 1. The van der Waals surface area contributed by atoms with Crippen molar-refractivity contribution >= 4 is 36.5 Å². The van der Waals surface area contributed by atoms with Crippen molar-refractivity contribution < 1.29 is 26.0 Å². The molecule has 0 atom stereocenters. The van der Waals surface area contributed by atoms with Gasteiger partial charge in [0.15, 0.2) is 21.4 Å². The van der Waals surface area contributed by atoms with Gasteiger partial charge in [-0.1, -0.05) is 42.5 Å². The smallest absolute Gasteiger partial charge is 0.263 e. The van der Waals surface area contributed by atoms with Crippen molar-refractivity contribution in [3.8, 4) is 17.0 Å². The van der Waals surface area contributed by atoms with E-state index in [1.165, 1.54) is 42.5 Å². The van der Waals surface area contributed by atoms with Crippen LogP contribution in [0.4, 0.5) is 10.1 Å². The van der Waals surface area contributed by atoms with Crippen LogP contribution < -0.4 is 9.46 Å². The number of fused-ring (bicyclic) bond motifs is 1. The van der Waals surface area contributed by atoms with Gasteiger partial charge in [-0.3, -0.25) is 9.82 Å². The highest BCUT2D eigenvalue weighted by atomic mass is 32.2. The van der Waals surface area contributed by atoms with E-state index in [1.54, 1.807) is 18.2 Å². The molecule has 0 fully saturated rings. The molecule has 4 aromatic carbocycles. The van der Waals surface area contributed by atoms with Gasteiger partial charge in [-0.05, 0) is 54.1 Å². The van der Waals surface area contributed by atoms with Gasteiger partial charge >= 0.3 is 0 Å². The zero-order valence-electron chi connectivity index (χ0n) is 20.1. The first-order valence-corrected chi connectivity index (χ1v) is 14.8. The second kappa shape index (κ2) is 9.92. The predicted octanol–water partition coefficient (Wildman–Crippen LogP) is 5.15. The Morgan fingerprint density at radius 3 is 2.29 bits per heavy atom. The molecule has 0 aliphatic heterocycles. The van der Waals surface area contributed by atoms with E-state index in [0.29, 0.717) is 22.2 Å². The molecule has 0 radical (unpaired) electrons. The molecule has 1 heterocycles. The summed E-state index contributed by atoms with van der Waals surface area (Å²) in [6, 6.07) is 23.9. The van der Waals surface area contributed by atoms with Gasteiger partial charge in [-0.15, -0.1) is 0 Å². The van der Waals surface area contributed by atoms with Gasteiger partial charge in [-0.25, -0.2) is 21.2 Å². The maximum absolute atomic E-state index is 14.9. The quantitative estimate of drug-likeness (QED) is 0.275. The van der Waals surface area contributed by atoms with Crippen LogP contribution in [-0.2, 0) is 26.5 Å². The lowest BCUT2D eigenvalue weighted by Crippen LogP contribution is -2.16. The standard InChI is InChI=1S/C27H22FN3O5S2/c1-37(32,33)25-9-5-6-10-26(25)38(34,35)31-20-12-13-23-21(16-20)27(30-29-23)19-11-14-24(22(28)15-19)36-17-18-7-3-2-4-8-18/h2-16,31H,17H2,1H3,(H,29,30). The van der Waals surface area contributed by atoms with Crippen LogP contribution >= 0.6 is 0 Å². The molecule has 1 aromatic heterocycles. The minimum Gasteiger partial charge on any atom is -0.486 e. The Kier molecular flexibility index (Phi) is 6.64. The molecule has 38 heavy (non-hydrogen) atoms. The molecule has 8 nitrogen and oxygen atoms in total. The molecule has 2 N–H and O–H groups in total. The van der Waals surface area contributed by atoms with Crippen molar-refractivity contribution in [3.05, 3.63) is 102 Å². The summed E-state index contributed by atoms with van der Waals surface area (Å²) in [5.74, 6) is -0.473. The van der Waals surface area contributed by atoms with Crippen LogP contribution in [0.1, 0.15) is 5.56 Å². The molecule has 0 bridgehead atoms. The normalized spacial score (nSPS) is 11.9. The summed E-state index contributed by atoms with van der Waals surface area (Å²) in [6.07, 6.45) is 0.947. The number of anilines is 1. The highest BCUT2D eigenvalue weighted by Gasteiger charge is 2.24. The maximum atomic E-state index is 14.9. The summed E-state index contributed by atoms with van der Waals surface area (Å²) in [5, 5.41) is 7.68. The third kappa shape index (κ3) is 5.24. The number of nitrogens with zero attached hydrogens (tertiary/aromatic N) is 1. The van der Waals surface area contributed by atoms with Crippen molar-refractivity contribution in [3.63, 3.8) is 0 Å². The fourth-order valence-corrected chi connectivity index (χ4v) is 6.67. The fourth-order valence-electron chi connectivity index (χ4n) is 3.99. The van der Waals surface area contributed by atoms with Gasteiger partial charge in [0.2, 0.25) is 0 Å². The largest absolute Gasteiger partial charge is 0.486 e. The molecular formula is C27H22FN3O5S2. The number of hydrogen-bond donors (Lipinski definition) is 2. The summed E-state index contributed by atoms with van der Waals surface area (Å²) in [5.41, 5.74) is 2.56. The third-order valence-electron chi connectivity index (χ3n) is 5.80. The molecule has 11 heteroatoms. The highest BCUT2D eigenvalue weighted by Crippen LogP contribution is 2.32. The molecule has 0 unspecified atom stereocenters. The number of sulfonamides is 1. The van der Waals surface area contributed by atoms with E-state index < -0.39 is 25.7 Å².